The number of aliphatic hydroxyl groups is 1. The Morgan fingerprint density at radius 1 is 1.00 bits per heavy atom. The number of carbonyl (C=O) groups is 2. The molecular formula is C19H22O5. The van der Waals surface area contributed by atoms with E-state index in [1.54, 1.807) is 6.92 Å². The molecule has 5 nitrogen and oxygen atoms in total. The molecule has 6 atom stereocenters. The van der Waals surface area contributed by atoms with Gasteiger partial charge in [0.2, 0.25) is 0 Å². The molecule has 3 aliphatic rings. The summed E-state index contributed by atoms with van der Waals surface area (Å²) in [6.07, 6.45) is 0.0799. The quantitative estimate of drug-likeness (QED) is 0.799. The molecule has 0 radical (unpaired) electrons. The molecular weight excluding hydrogens is 308 g/mol. The van der Waals surface area contributed by atoms with Crippen LogP contribution in [0.15, 0.2) is 30.3 Å². The van der Waals surface area contributed by atoms with E-state index in [0.717, 1.165) is 0 Å². The lowest BCUT2D eigenvalue weighted by molar-refractivity contribution is -0.302. The number of benzene rings is 1. The number of hydrogen-bond acceptors (Lipinski definition) is 5. The van der Waals surface area contributed by atoms with E-state index in [0.29, 0.717) is 12.0 Å². The fourth-order valence-corrected chi connectivity index (χ4v) is 5.19. The average molecular weight is 330 g/mol. The summed E-state index contributed by atoms with van der Waals surface area (Å²) in [5, 5.41) is 11.8. The van der Waals surface area contributed by atoms with Gasteiger partial charge in [0.25, 0.3) is 0 Å². The van der Waals surface area contributed by atoms with Crippen molar-refractivity contribution in [2.24, 2.45) is 16.7 Å². The van der Waals surface area contributed by atoms with Gasteiger partial charge in [0.05, 0.1) is 0 Å². The van der Waals surface area contributed by atoms with Crippen molar-refractivity contribution in [3.8, 4) is 0 Å². The largest absolute Gasteiger partial charge is 0.461 e. The number of hydrogen-bond donors (Lipinski definition) is 1. The van der Waals surface area contributed by atoms with Crippen molar-refractivity contribution in [2.75, 3.05) is 0 Å². The monoisotopic (exact) mass is 330 g/mol. The SMILES string of the molecule is C[C@@H]1OC(=O)[C@]12C[C@@H](C)[C@](O)(c1ccccc1)[C@]1(C2)C(=O)O[C@H]1C. The number of ether oxygens (including phenoxy) is 2. The highest BCUT2D eigenvalue weighted by Crippen LogP contribution is 2.67. The Labute approximate surface area is 141 Å². The molecule has 4 rings (SSSR count). The van der Waals surface area contributed by atoms with Crippen molar-refractivity contribution < 1.29 is 24.2 Å². The van der Waals surface area contributed by atoms with Crippen molar-refractivity contribution in [3.05, 3.63) is 35.9 Å². The van der Waals surface area contributed by atoms with Gasteiger partial charge in [-0.25, -0.2) is 0 Å². The summed E-state index contributed by atoms with van der Waals surface area (Å²) in [5.41, 5.74) is -2.46. The highest BCUT2D eigenvalue weighted by Gasteiger charge is 2.78. The van der Waals surface area contributed by atoms with Gasteiger partial charge in [-0.1, -0.05) is 37.3 Å². The summed E-state index contributed by atoms with van der Waals surface area (Å²) < 4.78 is 10.5. The maximum Gasteiger partial charge on any atom is 0.319 e. The summed E-state index contributed by atoms with van der Waals surface area (Å²) in [6.45, 7) is 5.57. The number of rotatable bonds is 1. The van der Waals surface area contributed by atoms with Crippen molar-refractivity contribution in [2.45, 2.75) is 51.4 Å². The van der Waals surface area contributed by atoms with Gasteiger partial charge in [-0.2, -0.15) is 0 Å². The normalized spacial score (nSPS) is 46.9. The Bertz CT molecular complexity index is 716. The lowest BCUT2D eigenvalue weighted by Gasteiger charge is -2.65. The van der Waals surface area contributed by atoms with Crippen LogP contribution in [0, 0.1) is 16.7 Å². The zero-order valence-corrected chi connectivity index (χ0v) is 14.1. The van der Waals surface area contributed by atoms with E-state index in [1.807, 2.05) is 44.2 Å². The first-order valence-electron chi connectivity index (χ1n) is 8.49. The van der Waals surface area contributed by atoms with Crippen molar-refractivity contribution >= 4 is 11.9 Å². The van der Waals surface area contributed by atoms with E-state index >= 15 is 0 Å². The zero-order valence-electron chi connectivity index (χ0n) is 14.1. The van der Waals surface area contributed by atoms with Crippen LogP contribution in [0.25, 0.3) is 0 Å². The molecule has 1 N–H and O–H groups in total. The Morgan fingerprint density at radius 2 is 1.62 bits per heavy atom. The molecule has 0 bridgehead atoms. The molecule has 2 heterocycles. The Kier molecular flexibility index (Phi) is 3.00. The summed E-state index contributed by atoms with van der Waals surface area (Å²) >= 11 is 0. The molecule has 5 heteroatoms. The smallest absolute Gasteiger partial charge is 0.319 e. The van der Waals surface area contributed by atoms with E-state index in [1.165, 1.54) is 0 Å². The first-order valence-corrected chi connectivity index (χ1v) is 8.49. The molecule has 0 unspecified atom stereocenters. The fourth-order valence-electron chi connectivity index (χ4n) is 5.19. The molecule has 3 fully saturated rings. The lowest BCUT2D eigenvalue weighted by Crippen LogP contribution is -2.75. The third-order valence-corrected chi connectivity index (χ3v) is 6.68. The summed E-state index contributed by atoms with van der Waals surface area (Å²) in [4.78, 5) is 25.0. The average Bonchev–Trinajstić information content (AvgIpc) is 2.58. The van der Waals surface area contributed by atoms with Crippen LogP contribution in [0.4, 0.5) is 0 Å². The van der Waals surface area contributed by atoms with E-state index in [2.05, 4.69) is 0 Å². The van der Waals surface area contributed by atoms with Crippen LogP contribution >= 0.6 is 0 Å². The maximum absolute atomic E-state index is 12.7. The summed E-state index contributed by atoms with van der Waals surface area (Å²) in [5.74, 6) is -0.957. The molecule has 1 aromatic carbocycles. The summed E-state index contributed by atoms with van der Waals surface area (Å²) in [6, 6.07) is 9.27. The second-order valence-corrected chi connectivity index (χ2v) is 7.64. The molecule has 24 heavy (non-hydrogen) atoms. The van der Waals surface area contributed by atoms with Crippen molar-refractivity contribution in [1.82, 2.24) is 0 Å². The van der Waals surface area contributed by atoms with Gasteiger partial charge in [-0.05, 0) is 38.2 Å². The minimum atomic E-state index is -1.36. The number of carbonyl (C=O) groups excluding carboxylic acids is 2. The van der Waals surface area contributed by atoms with Crippen LogP contribution < -0.4 is 0 Å². The maximum atomic E-state index is 12.7. The van der Waals surface area contributed by atoms with Gasteiger partial charge in [0.15, 0.2) is 0 Å². The zero-order chi connectivity index (χ0) is 17.3. The van der Waals surface area contributed by atoms with Gasteiger partial charge < -0.3 is 14.6 Å². The van der Waals surface area contributed by atoms with Crippen LogP contribution in [0.2, 0.25) is 0 Å². The molecule has 2 spiro atoms. The first kappa shape index (κ1) is 15.6. The van der Waals surface area contributed by atoms with E-state index < -0.39 is 28.5 Å². The third-order valence-electron chi connectivity index (χ3n) is 6.68. The van der Waals surface area contributed by atoms with E-state index in [4.69, 9.17) is 9.47 Å². The predicted octanol–water partition coefficient (Wildman–Crippen LogP) is 2.17. The Morgan fingerprint density at radius 3 is 2.12 bits per heavy atom. The summed E-state index contributed by atoms with van der Waals surface area (Å²) in [7, 11) is 0. The van der Waals surface area contributed by atoms with Crippen LogP contribution in [0.1, 0.15) is 39.2 Å². The van der Waals surface area contributed by atoms with Gasteiger partial charge in [0, 0.05) is 0 Å². The minimum absolute atomic E-state index is 0.245. The Balaban J connectivity index is 1.89. The molecule has 1 aliphatic carbocycles. The molecule has 128 valence electrons. The van der Waals surface area contributed by atoms with E-state index in [9.17, 15) is 14.7 Å². The molecule has 2 aliphatic heterocycles. The highest BCUT2D eigenvalue weighted by atomic mass is 16.6. The molecule has 1 saturated carbocycles. The molecule has 0 aromatic heterocycles. The van der Waals surface area contributed by atoms with Gasteiger partial charge in [-0.15, -0.1) is 0 Å². The topological polar surface area (TPSA) is 72.8 Å². The second kappa shape index (κ2) is 4.60. The molecule has 0 amide bonds. The Hall–Kier alpha value is -1.88. The van der Waals surface area contributed by atoms with Gasteiger partial charge in [0.1, 0.15) is 28.6 Å². The lowest BCUT2D eigenvalue weighted by atomic mass is 9.44. The highest BCUT2D eigenvalue weighted by molar-refractivity contribution is 5.89. The third kappa shape index (κ3) is 1.50. The second-order valence-electron chi connectivity index (χ2n) is 7.64. The van der Waals surface area contributed by atoms with Crippen LogP contribution in [0.5, 0.6) is 0 Å². The van der Waals surface area contributed by atoms with Crippen molar-refractivity contribution in [1.29, 1.82) is 0 Å². The molecule has 2 saturated heterocycles. The van der Waals surface area contributed by atoms with Crippen LogP contribution in [0.3, 0.4) is 0 Å². The van der Waals surface area contributed by atoms with Gasteiger partial charge in [-0.3, -0.25) is 9.59 Å². The minimum Gasteiger partial charge on any atom is -0.461 e. The van der Waals surface area contributed by atoms with E-state index in [-0.39, 0.29) is 24.4 Å². The van der Waals surface area contributed by atoms with Crippen molar-refractivity contribution in [3.63, 3.8) is 0 Å². The van der Waals surface area contributed by atoms with Gasteiger partial charge >= 0.3 is 11.9 Å². The van der Waals surface area contributed by atoms with Crippen LogP contribution in [-0.2, 0) is 24.7 Å². The standard InChI is InChI=1S/C19H22O5/c1-11-9-17(12(2)23-15(17)20)10-18(13(3)24-16(18)21)19(11,22)14-7-5-4-6-8-14/h4-8,11-13,22H,9-10H2,1-3H3/t11-,12+,13+,17+,18+,19+/m1/s1. The van der Waals surface area contributed by atoms with Crippen LogP contribution in [-0.4, -0.2) is 29.3 Å². The number of esters is 2. The predicted molar refractivity (Wildman–Crippen MR) is 84.7 cm³/mol. The fraction of sp³-hybridized carbons (Fsp3) is 0.579. The number of cyclic esters (lactones) is 2. The molecule has 1 aromatic rings. The first-order chi connectivity index (χ1) is 11.3.